The fourth-order valence-electron chi connectivity index (χ4n) is 2.78. The number of nitrogens with one attached hydrogen (secondary N) is 2. The number of benzene rings is 1. The Bertz CT molecular complexity index is 829. The van der Waals surface area contributed by atoms with Crippen LogP contribution in [-0.2, 0) is 35.1 Å². The zero-order valence-electron chi connectivity index (χ0n) is 16.8. The number of rotatable bonds is 12. The summed E-state index contributed by atoms with van der Waals surface area (Å²) in [6.07, 6.45) is 1.32. The Morgan fingerprint density at radius 3 is 2.35 bits per heavy atom. The molecule has 31 heavy (non-hydrogen) atoms. The Kier molecular flexibility index (Phi) is 9.47. The molecule has 0 aliphatic carbocycles. The molecule has 1 aliphatic rings. The van der Waals surface area contributed by atoms with Crippen molar-refractivity contribution in [3.63, 3.8) is 0 Å². The Morgan fingerprint density at radius 2 is 1.81 bits per heavy atom. The number of likely N-dealkylation sites (tertiary alicyclic amines) is 1. The van der Waals surface area contributed by atoms with Crippen LogP contribution in [0.3, 0.4) is 0 Å². The molecule has 0 aromatic heterocycles. The number of carboxylic acids is 1. The van der Waals surface area contributed by atoms with E-state index < -0.39 is 30.4 Å². The fourth-order valence-corrected chi connectivity index (χ4v) is 3.03. The Balaban J connectivity index is 1.67. The number of amides is 4. The molecular formula is C20H25N3O7S. The van der Waals surface area contributed by atoms with Gasteiger partial charge in [-0.3, -0.25) is 24.1 Å². The van der Waals surface area contributed by atoms with Crippen LogP contribution in [0.15, 0.2) is 24.3 Å². The topological polar surface area (TPSA) is 142 Å². The zero-order chi connectivity index (χ0) is 22.8. The van der Waals surface area contributed by atoms with E-state index in [2.05, 4.69) is 23.3 Å². The van der Waals surface area contributed by atoms with Crippen molar-refractivity contribution in [3.8, 4) is 0 Å². The van der Waals surface area contributed by atoms with Crippen molar-refractivity contribution < 1.29 is 33.8 Å². The summed E-state index contributed by atoms with van der Waals surface area (Å²) in [6.45, 7) is -0.337. The molecule has 10 nitrogen and oxygen atoms in total. The summed E-state index contributed by atoms with van der Waals surface area (Å²) >= 11 is 3.94. The van der Waals surface area contributed by atoms with Crippen LogP contribution in [0.25, 0.3) is 0 Å². The second-order valence-corrected chi connectivity index (χ2v) is 7.34. The van der Waals surface area contributed by atoms with E-state index in [4.69, 9.17) is 9.84 Å². The first-order chi connectivity index (χ1) is 14.8. The van der Waals surface area contributed by atoms with Crippen LogP contribution in [0.5, 0.6) is 0 Å². The highest BCUT2D eigenvalue weighted by atomic mass is 32.1. The number of aryl methyl sites for hydroxylation is 1. The van der Waals surface area contributed by atoms with Crippen molar-refractivity contribution in [1.82, 2.24) is 10.2 Å². The van der Waals surface area contributed by atoms with E-state index in [1.54, 1.807) is 24.3 Å². The van der Waals surface area contributed by atoms with Crippen molar-refractivity contribution in [1.29, 1.82) is 0 Å². The summed E-state index contributed by atoms with van der Waals surface area (Å²) in [5.74, 6) is -2.30. The van der Waals surface area contributed by atoms with Gasteiger partial charge in [0.05, 0.1) is 0 Å². The normalized spacial score (nSPS) is 13.8. The number of ether oxygens (including phenoxy) is 1. The quantitative estimate of drug-likeness (QED) is 0.263. The summed E-state index contributed by atoms with van der Waals surface area (Å²) in [4.78, 5) is 59.0. The molecule has 1 saturated heterocycles. The number of thiol groups is 1. The summed E-state index contributed by atoms with van der Waals surface area (Å²) in [5.41, 5.74) is 1.41. The first kappa shape index (κ1) is 24.4. The maximum atomic E-state index is 11.9. The highest BCUT2D eigenvalue weighted by Crippen LogP contribution is 2.14. The van der Waals surface area contributed by atoms with Gasteiger partial charge in [-0.25, -0.2) is 4.79 Å². The zero-order valence-corrected chi connectivity index (χ0v) is 17.7. The van der Waals surface area contributed by atoms with Crippen LogP contribution in [0, 0.1) is 0 Å². The molecule has 11 heteroatoms. The number of imide groups is 1. The standard InChI is InChI=1S/C20H25N3O7S/c24-16(11-30-12-17(25)22-15(8-10-31)20(28)29)21-14-4-1-13(2-5-14)3-6-18(26)23-9-7-19(23)27/h1-2,4-5,15,31H,3,6-12H2,(H,21,24)(H,22,25)(H,28,29). The van der Waals surface area contributed by atoms with E-state index in [1.165, 1.54) is 4.90 Å². The SMILES string of the molecule is O=C(COCC(=O)NC(CCS)C(=O)O)Nc1ccc(CCC(=O)N2CCC2=O)cc1. The van der Waals surface area contributed by atoms with Gasteiger partial charge >= 0.3 is 5.97 Å². The molecule has 1 heterocycles. The molecule has 2 rings (SSSR count). The second kappa shape index (κ2) is 12.1. The molecule has 0 saturated carbocycles. The van der Waals surface area contributed by atoms with Crippen LogP contribution in [0.1, 0.15) is 24.8 Å². The summed E-state index contributed by atoms with van der Waals surface area (Å²) in [6, 6.07) is 5.83. The number of β-lactam (4-membered cyclic amide) rings is 1. The number of carboxylic acid groups (broad SMARTS) is 1. The maximum Gasteiger partial charge on any atom is 0.326 e. The number of hydrogen-bond acceptors (Lipinski definition) is 7. The van der Waals surface area contributed by atoms with E-state index in [1.807, 2.05) is 0 Å². The second-order valence-electron chi connectivity index (χ2n) is 6.90. The number of carbonyl (C=O) groups is 5. The summed E-state index contributed by atoms with van der Waals surface area (Å²) in [7, 11) is 0. The van der Waals surface area contributed by atoms with Gasteiger partial charge in [0, 0.05) is 25.1 Å². The molecular weight excluding hydrogens is 426 g/mol. The van der Waals surface area contributed by atoms with Crippen molar-refractivity contribution in [2.24, 2.45) is 0 Å². The molecule has 168 valence electrons. The lowest BCUT2D eigenvalue weighted by molar-refractivity contribution is -0.152. The molecule has 0 radical (unpaired) electrons. The van der Waals surface area contributed by atoms with Gasteiger partial charge in [0.1, 0.15) is 19.3 Å². The average molecular weight is 452 g/mol. The van der Waals surface area contributed by atoms with E-state index >= 15 is 0 Å². The fraction of sp³-hybridized carbons (Fsp3) is 0.450. The minimum Gasteiger partial charge on any atom is -0.480 e. The van der Waals surface area contributed by atoms with Gasteiger partial charge < -0.3 is 20.5 Å². The molecule has 3 N–H and O–H groups in total. The predicted octanol–water partition coefficient (Wildman–Crippen LogP) is 0.223. The number of nitrogens with zero attached hydrogens (tertiary/aromatic N) is 1. The predicted molar refractivity (Wildman–Crippen MR) is 114 cm³/mol. The van der Waals surface area contributed by atoms with E-state index in [9.17, 15) is 24.0 Å². The largest absolute Gasteiger partial charge is 0.480 e. The molecule has 0 spiro atoms. The van der Waals surface area contributed by atoms with Gasteiger partial charge in [-0.1, -0.05) is 12.1 Å². The molecule has 1 fully saturated rings. The molecule has 1 unspecified atom stereocenters. The minimum absolute atomic E-state index is 0.137. The maximum absolute atomic E-state index is 11.9. The third-order valence-corrected chi connectivity index (χ3v) is 4.79. The van der Waals surface area contributed by atoms with E-state index in [0.717, 1.165) is 5.56 Å². The molecule has 1 aromatic rings. The van der Waals surface area contributed by atoms with Crippen molar-refractivity contribution in [2.45, 2.75) is 31.7 Å². The van der Waals surface area contributed by atoms with Crippen LogP contribution in [0.4, 0.5) is 5.69 Å². The highest BCUT2D eigenvalue weighted by Gasteiger charge is 2.29. The number of anilines is 1. The van der Waals surface area contributed by atoms with E-state index in [0.29, 0.717) is 30.8 Å². The van der Waals surface area contributed by atoms with Crippen molar-refractivity contribution in [2.75, 3.05) is 30.8 Å². The first-order valence-corrected chi connectivity index (χ1v) is 10.4. The van der Waals surface area contributed by atoms with Gasteiger partial charge in [0.2, 0.25) is 23.6 Å². The average Bonchev–Trinajstić information content (AvgIpc) is 2.71. The smallest absolute Gasteiger partial charge is 0.326 e. The lowest BCUT2D eigenvalue weighted by Gasteiger charge is -2.28. The summed E-state index contributed by atoms with van der Waals surface area (Å²) < 4.78 is 5.02. The monoisotopic (exact) mass is 451 g/mol. The van der Waals surface area contributed by atoms with Gasteiger partial charge in [-0.2, -0.15) is 12.6 Å². The molecule has 1 aromatic carbocycles. The van der Waals surface area contributed by atoms with Gasteiger partial charge in [0.15, 0.2) is 0 Å². The highest BCUT2D eigenvalue weighted by molar-refractivity contribution is 7.80. The summed E-state index contributed by atoms with van der Waals surface area (Å²) in [5, 5.41) is 13.9. The molecule has 1 aliphatic heterocycles. The Hall–Kier alpha value is -2.92. The van der Waals surface area contributed by atoms with Crippen molar-refractivity contribution in [3.05, 3.63) is 29.8 Å². The number of carbonyl (C=O) groups excluding carboxylic acids is 4. The molecule has 1 atom stereocenters. The number of hydrogen-bond donors (Lipinski definition) is 4. The van der Waals surface area contributed by atoms with Gasteiger partial charge in [-0.05, 0) is 36.3 Å². The van der Waals surface area contributed by atoms with Crippen LogP contribution >= 0.6 is 12.6 Å². The molecule has 4 amide bonds. The third kappa shape index (κ3) is 8.02. The molecule has 0 bridgehead atoms. The van der Waals surface area contributed by atoms with Gasteiger partial charge in [-0.15, -0.1) is 0 Å². The number of aliphatic carboxylic acids is 1. The van der Waals surface area contributed by atoms with Crippen LogP contribution in [-0.4, -0.2) is 71.2 Å². The third-order valence-electron chi connectivity index (χ3n) is 4.53. The van der Waals surface area contributed by atoms with Gasteiger partial charge in [0.25, 0.3) is 0 Å². The van der Waals surface area contributed by atoms with E-state index in [-0.39, 0.29) is 31.3 Å². The lowest BCUT2D eigenvalue weighted by atomic mass is 10.1. The lowest BCUT2D eigenvalue weighted by Crippen LogP contribution is -2.47. The van der Waals surface area contributed by atoms with Crippen LogP contribution < -0.4 is 10.6 Å². The minimum atomic E-state index is -1.16. The first-order valence-electron chi connectivity index (χ1n) is 9.73. The Morgan fingerprint density at radius 1 is 1.13 bits per heavy atom. The van der Waals surface area contributed by atoms with Crippen LogP contribution in [0.2, 0.25) is 0 Å². The Labute approximate surface area is 184 Å². The van der Waals surface area contributed by atoms with Crippen molar-refractivity contribution >= 4 is 47.9 Å².